The molecule has 0 unspecified atom stereocenters. The highest BCUT2D eigenvalue weighted by molar-refractivity contribution is 7.89. The van der Waals surface area contributed by atoms with Crippen molar-refractivity contribution < 1.29 is 17.9 Å². The minimum absolute atomic E-state index is 0.00387. The summed E-state index contributed by atoms with van der Waals surface area (Å²) in [4.78, 5) is 12.1. The predicted molar refractivity (Wildman–Crippen MR) is 73.6 cm³/mol. The van der Waals surface area contributed by atoms with E-state index in [1.165, 1.54) is 11.4 Å². The summed E-state index contributed by atoms with van der Waals surface area (Å²) in [7, 11) is -2.10. The molecule has 110 valence electrons. The lowest BCUT2D eigenvalue weighted by molar-refractivity contribution is -0.151. The largest absolute Gasteiger partial charge is 0.363 e. The molecule has 1 aromatic rings. The van der Waals surface area contributed by atoms with E-state index in [1.54, 1.807) is 37.3 Å². The van der Waals surface area contributed by atoms with Crippen molar-refractivity contribution >= 4 is 15.9 Å². The van der Waals surface area contributed by atoms with Gasteiger partial charge in [0.25, 0.3) is 5.91 Å². The highest BCUT2D eigenvalue weighted by atomic mass is 32.2. The third kappa shape index (κ3) is 2.70. The van der Waals surface area contributed by atoms with Crippen LogP contribution in [-0.4, -0.2) is 51.0 Å². The van der Waals surface area contributed by atoms with Gasteiger partial charge >= 0.3 is 0 Å². The molecule has 1 fully saturated rings. The van der Waals surface area contributed by atoms with Crippen LogP contribution in [-0.2, 0) is 19.6 Å². The molecule has 1 amide bonds. The van der Waals surface area contributed by atoms with E-state index >= 15 is 0 Å². The molecule has 7 heteroatoms. The fraction of sp³-hybridized carbons (Fsp3) is 0.462. The van der Waals surface area contributed by atoms with E-state index in [2.05, 4.69) is 5.32 Å². The Hall–Kier alpha value is -1.44. The van der Waals surface area contributed by atoms with E-state index in [0.29, 0.717) is 0 Å². The minimum atomic E-state index is -3.60. The molecular weight excluding hydrogens is 280 g/mol. The zero-order valence-electron chi connectivity index (χ0n) is 11.5. The lowest BCUT2D eigenvalue weighted by Gasteiger charge is -2.38. The number of nitrogens with one attached hydrogen (secondary N) is 1. The number of amides is 1. The second-order valence-corrected chi connectivity index (χ2v) is 6.75. The summed E-state index contributed by atoms with van der Waals surface area (Å²) in [5.41, 5.74) is -1.16. The zero-order chi connectivity index (χ0) is 14.8. The Labute approximate surface area is 118 Å². The van der Waals surface area contributed by atoms with Gasteiger partial charge in [0, 0.05) is 13.6 Å². The van der Waals surface area contributed by atoms with Crippen molar-refractivity contribution in [2.45, 2.75) is 17.4 Å². The van der Waals surface area contributed by atoms with Crippen LogP contribution in [0, 0.1) is 0 Å². The third-order valence-corrected chi connectivity index (χ3v) is 5.19. The van der Waals surface area contributed by atoms with Gasteiger partial charge in [-0.2, -0.15) is 4.31 Å². The van der Waals surface area contributed by atoms with Gasteiger partial charge in [-0.15, -0.1) is 0 Å². The van der Waals surface area contributed by atoms with E-state index in [0.717, 1.165) is 0 Å². The highest BCUT2D eigenvalue weighted by Gasteiger charge is 2.42. The van der Waals surface area contributed by atoms with Gasteiger partial charge in [0.2, 0.25) is 10.0 Å². The maximum Gasteiger partial charge on any atom is 0.253 e. The molecule has 1 aliphatic rings. The van der Waals surface area contributed by atoms with E-state index in [1.807, 2.05) is 0 Å². The standard InChI is InChI=1S/C13H18N2O4S/c1-13(12(16)14-2)10-15(8-9-19-13)20(17,18)11-6-4-3-5-7-11/h3-7H,8-10H2,1-2H3,(H,14,16)/t13-/m0/s1. The van der Waals surface area contributed by atoms with Crippen molar-refractivity contribution in [1.82, 2.24) is 9.62 Å². The number of ether oxygens (including phenoxy) is 1. The number of carbonyl (C=O) groups is 1. The topological polar surface area (TPSA) is 75.7 Å². The quantitative estimate of drug-likeness (QED) is 0.865. The van der Waals surface area contributed by atoms with Crippen LogP contribution in [0.1, 0.15) is 6.92 Å². The first kappa shape index (κ1) is 15.0. The number of morpholine rings is 1. The number of carbonyl (C=O) groups excluding carboxylic acids is 1. The number of hydrogen-bond donors (Lipinski definition) is 1. The molecule has 1 heterocycles. The fourth-order valence-corrected chi connectivity index (χ4v) is 3.71. The van der Waals surface area contributed by atoms with Gasteiger partial charge in [0.1, 0.15) is 0 Å². The van der Waals surface area contributed by atoms with Gasteiger partial charge in [0.05, 0.1) is 18.0 Å². The van der Waals surface area contributed by atoms with Crippen LogP contribution in [0.2, 0.25) is 0 Å². The first-order valence-electron chi connectivity index (χ1n) is 6.31. The number of likely N-dealkylation sites (N-methyl/N-ethyl adjacent to an activating group) is 1. The Balaban J connectivity index is 2.28. The van der Waals surface area contributed by atoms with Gasteiger partial charge in [-0.25, -0.2) is 8.42 Å². The molecule has 1 atom stereocenters. The van der Waals surface area contributed by atoms with Gasteiger partial charge in [-0.1, -0.05) is 18.2 Å². The van der Waals surface area contributed by atoms with E-state index in [9.17, 15) is 13.2 Å². The summed E-state index contributed by atoms with van der Waals surface area (Å²) < 4.78 is 31.8. The highest BCUT2D eigenvalue weighted by Crippen LogP contribution is 2.24. The monoisotopic (exact) mass is 298 g/mol. The normalized spacial score (nSPS) is 24.3. The van der Waals surface area contributed by atoms with Crippen LogP contribution >= 0.6 is 0 Å². The van der Waals surface area contributed by atoms with Gasteiger partial charge in [-0.05, 0) is 19.1 Å². The van der Waals surface area contributed by atoms with Crippen molar-refractivity contribution in [3.05, 3.63) is 30.3 Å². The number of sulfonamides is 1. The van der Waals surface area contributed by atoms with E-state index < -0.39 is 15.6 Å². The molecule has 0 bridgehead atoms. The average molecular weight is 298 g/mol. The van der Waals surface area contributed by atoms with Gasteiger partial charge in [0.15, 0.2) is 5.60 Å². The summed E-state index contributed by atoms with van der Waals surface area (Å²) >= 11 is 0. The van der Waals surface area contributed by atoms with Crippen LogP contribution < -0.4 is 5.32 Å². The molecule has 1 aliphatic heterocycles. The molecule has 0 spiro atoms. The fourth-order valence-electron chi connectivity index (χ4n) is 2.18. The van der Waals surface area contributed by atoms with Crippen molar-refractivity contribution in [1.29, 1.82) is 0 Å². The third-order valence-electron chi connectivity index (χ3n) is 3.33. The summed E-state index contributed by atoms with van der Waals surface area (Å²) in [6.45, 7) is 2.03. The van der Waals surface area contributed by atoms with Gasteiger partial charge in [-0.3, -0.25) is 4.79 Å². The number of rotatable bonds is 3. The lowest BCUT2D eigenvalue weighted by atomic mass is 10.0. The molecule has 1 saturated heterocycles. The molecule has 0 radical (unpaired) electrons. The van der Waals surface area contributed by atoms with Crippen LogP contribution in [0.25, 0.3) is 0 Å². The molecule has 1 aromatic carbocycles. The van der Waals surface area contributed by atoms with Crippen LogP contribution in [0.3, 0.4) is 0 Å². The summed E-state index contributed by atoms with van der Waals surface area (Å²) in [6, 6.07) is 8.19. The maximum atomic E-state index is 12.5. The maximum absolute atomic E-state index is 12.5. The van der Waals surface area contributed by atoms with Crippen molar-refractivity contribution in [2.24, 2.45) is 0 Å². The lowest BCUT2D eigenvalue weighted by Crippen LogP contribution is -2.58. The van der Waals surface area contributed by atoms with Crippen molar-refractivity contribution in [3.63, 3.8) is 0 Å². The molecular formula is C13H18N2O4S. The molecule has 1 N–H and O–H groups in total. The van der Waals surface area contributed by atoms with E-state index in [4.69, 9.17) is 4.74 Å². The Kier molecular flexibility index (Phi) is 4.12. The summed E-state index contributed by atoms with van der Waals surface area (Å²) in [6.07, 6.45) is 0. The zero-order valence-corrected chi connectivity index (χ0v) is 12.3. The number of benzene rings is 1. The smallest absolute Gasteiger partial charge is 0.253 e. The molecule has 20 heavy (non-hydrogen) atoms. The van der Waals surface area contributed by atoms with E-state index in [-0.39, 0.29) is 30.5 Å². The minimum Gasteiger partial charge on any atom is -0.363 e. The molecule has 2 rings (SSSR count). The second-order valence-electron chi connectivity index (χ2n) is 4.81. The molecule has 0 aromatic heterocycles. The molecule has 0 saturated carbocycles. The van der Waals surface area contributed by atoms with Crippen LogP contribution in [0.4, 0.5) is 0 Å². The summed E-state index contributed by atoms with van der Waals surface area (Å²) in [5.74, 6) is -0.328. The van der Waals surface area contributed by atoms with Crippen LogP contribution in [0.15, 0.2) is 35.2 Å². The first-order valence-corrected chi connectivity index (χ1v) is 7.75. The number of nitrogens with zero attached hydrogens (tertiary/aromatic N) is 1. The Morgan fingerprint density at radius 2 is 2.00 bits per heavy atom. The van der Waals surface area contributed by atoms with Crippen molar-refractivity contribution in [2.75, 3.05) is 26.7 Å². The Bertz CT molecular complexity index is 588. The SMILES string of the molecule is CNC(=O)[C@]1(C)CN(S(=O)(=O)c2ccccc2)CCO1. The predicted octanol–water partition coefficient (Wildman–Crippen LogP) is 0.212. The summed E-state index contributed by atoms with van der Waals surface area (Å²) in [5, 5.41) is 2.50. The van der Waals surface area contributed by atoms with Crippen molar-refractivity contribution in [3.8, 4) is 0 Å². The average Bonchev–Trinajstić information content (AvgIpc) is 2.47. The second kappa shape index (κ2) is 5.51. The molecule has 0 aliphatic carbocycles. The first-order chi connectivity index (χ1) is 9.40. The van der Waals surface area contributed by atoms with Gasteiger partial charge < -0.3 is 10.1 Å². The number of hydrogen-bond acceptors (Lipinski definition) is 4. The Morgan fingerprint density at radius 3 is 2.60 bits per heavy atom. The molecule has 6 nitrogen and oxygen atoms in total. The van der Waals surface area contributed by atoms with Crippen LogP contribution in [0.5, 0.6) is 0 Å². The Morgan fingerprint density at radius 1 is 1.35 bits per heavy atom.